The molecule has 0 aromatic rings. The van der Waals surface area contributed by atoms with E-state index < -0.39 is 0 Å². The fraction of sp³-hybridized carbons (Fsp3) is 0.944. The van der Waals surface area contributed by atoms with Crippen molar-refractivity contribution in [2.75, 3.05) is 6.61 Å². The molecule has 2 saturated carbocycles. The maximum absolute atomic E-state index is 12.6. The van der Waals surface area contributed by atoms with Crippen LogP contribution in [0.3, 0.4) is 0 Å². The highest BCUT2D eigenvalue weighted by Gasteiger charge is 2.59. The Morgan fingerprint density at radius 2 is 1.95 bits per heavy atom. The van der Waals surface area contributed by atoms with Gasteiger partial charge >= 0.3 is 5.97 Å². The molecule has 4 aliphatic rings. The van der Waals surface area contributed by atoms with Crippen molar-refractivity contribution in [3.8, 4) is 0 Å². The van der Waals surface area contributed by atoms with Gasteiger partial charge in [-0.1, -0.05) is 13.8 Å². The lowest BCUT2D eigenvalue weighted by Crippen LogP contribution is -2.63. The summed E-state index contributed by atoms with van der Waals surface area (Å²) in [6.45, 7) is 9.56. The van der Waals surface area contributed by atoms with E-state index in [9.17, 15) is 4.79 Å². The van der Waals surface area contributed by atoms with Gasteiger partial charge in [0.05, 0.1) is 29.8 Å². The number of hydrogen-bond donors (Lipinski definition) is 0. The topological polar surface area (TPSA) is 48.1 Å². The molecule has 0 aromatic heterocycles. The van der Waals surface area contributed by atoms with Crippen LogP contribution in [-0.2, 0) is 19.0 Å². The van der Waals surface area contributed by atoms with Crippen molar-refractivity contribution >= 4 is 5.97 Å². The van der Waals surface area contributed by atoms with Gasteiger partial charge in [-0.2, -0.15) is 0 Å². The summed E-state index contributed by atoms with van der Waals surface area (Å²) in [6.07, 6.45) is 5.02. The Bertz CT molecular complexity index is 501. The molecule has 4 fully saturated rings. The minimum Gasteiger partial charge on any atom is -0.462 e. The Morgan fingerprint density at radius 1 is 1.18 bits per heavy atom. The van der Waals surface area contributed by atoms with Crippen molar-refractivity contribution in [3.63, 3.8) is 0 Å². The van der Waals surface area contributed by atoms with Crippen LogP contribution in [0.2, 0.25) is 0 Å². The molecule has 0 radical (unpaired) electrons. The van der Waals surface area contributed by atoms with Crippen molar-refractivity contribution in [3.05, 3.63) is 0 Å². The van der Waals surface area contributed by atoms with Crippen LogP contribution >= 0.6 is 0 Å². The first-order valence-corrected chi connectivity index (χ1v) is 8.73. The summed E-state index contributed by atoms with van der Waals surface area (Å²) >= 11 is 0. The zero-order chi connectivity index (χ0) is 15.8. The molecule has 0 amide bonds. The second-order valence-electron chi connectivity index (χ2n) is 9.14. The zero-order valence-corrected chi connectivity index (χ0v) is 14.2. The van der Waals surface area contributed by atoms with E-state index in [1.54, 1.807) is 0 Å². The fourth-order valence-corrected chi connectivity index (χ4v) is 5.08. The third-order valence-electron chi connectivity index (χ3n) is 6.53. The summed E-state index contributed by atoms with van der Waals surface area (Å²) in [4.78, 5) is 12.6. The molecule has 2 heterocycles. The van der Waals surface area contributed by atoms with Gasteiger partial charge in [-0.05, 0) is 51.4 Å². The van der Waals surface area contributed by atoms with Crippen LogP contribution in [0.25, 0.3) is 0 Å². The minimum absolute atomic E-state index is 0.00509. The van der Waals surface area contributed by atoms with Crippen LogP contribution in [-0.4, -0.2) is 36.0 Å². The van der Waals surface area contributed by atoms with E-state index in [2.05, 4.69) is 27.7 Å². The van der Waals surface area contributed by atoms with Gasteiger partial charge in [0, 0.05) is 5.92 Å². The lowest BCUT2D eigenvalue weighted by molar-refractivity contribution is -0.268. The fourth-order valence-electron chi connectivity index (χ4n) is 5.08. The Labute approximate surface area is 132 Å². The van der Waals surface area contributed by atoms with E-state index in [-0.39, 0.29) is 40.7 Å². The van der Waals surface area contributed by atoms with Crippen molar-refractivity contribution in [1.82, 2.24) is 0 Å². The number of carbonyl (C=O) groups excluding carboxylic acids is 1. The summed E-state index contributed by atoms with van der Waals surface area (Å²) in [6, 6.07) is 0. The summed E-state index contributed by atoms with van der Waals surface area (Å²) in [5, 5.41) is 0. The van der Waals surface area contributed by atoms with Crippen LogP contribution in [0.5, 0.6) is 0 Å². The van der Waals surface area contributed by atoms with E-state index in [0.717, 1.165) is 38.7 Å². The van der Waals surface area contributed by atoms with E-state index in [0.29, 0.717) is 5.92 Å². The summed E-state index contributed by atoms with van der Waals surface area (Å²) in [5.41, 5.74) is 0.128. The SMILES string of the molecule is CC1(C)CC(OC(=O)C2CCC3(C)OC3C2)C2COC2(C)C1. The van der Waals surface area contributed by atoms with Crippen molar-refractivity contribution in [2.45, 2.75) is 83.2 Å². The van der Waals surface area contributed by atoms with Crippen LogP contribution in [0.4, 0.5) is 0 Å². The molecule has 4 rings (SSSR count). The van der Waals surface area contributed by atoms with E-state index in [4.69, 9.17) is 14.2 Å². The summed E-state index contributed by atoms with van der Waals surface area (Å²) < 4.78 is 17.5. The van der Waals surface area contributed by atoms with Crippen LogP contribution in [0.1, 0.15) is 59.8 Å². The Morgan fingerprint density at radius 3 is 2.59 bits per heavy atom. The molecule has 0 N–H and O–H groups in total. The largest absolute Gasteiger partial charge is 0.462 e. The lowest BCUT2D eigenvalue weighted by Gasteiger charge is -2.57. The molecule has 22 heavy (non-hydrogen) atoms. The highest BCUT2D eigenvalue weighted by atomic mass is 16.6. The number of ether oxygens (including phenoxy) is 3. The predicted octanol–water partition coefficient (Wildman–Crippen LogP) is 3.08. The number of hydrogen-bond acceptors (Lipinski definition) is 4. The molecule has 124 valence electrons. The molecule has 0 spiro atoms. The normalized spacial score (nSPS) is 52.0. The third kappa shape index (κ3) is 2.30. The molecule has 6 atom stereocenters. The molecule has 6 unspecified atom stereocenters. The van der Waals surface area contributed by atoms with Gasteiger partial charge in [-0.25, -0.2) is 0 Å². The predicted molar refractivity (Wildman–Crippen MR) is 81.4 cm³/mol. The summed E-state index contributed by atoms with van der Waals surface area (Å²) in [7, 11) is 0. The highest BCUT2D eigenvalue weighted by Crippen LogP contribution is 2.53. The first kappa shape index (κ1) is 14.9. The van der Waals surface area contributed by atoms with Gasteiger partial charge in [-0.3, -0.25) is 4.79 Å². The van der Waals surface area contributed by atoms with Gasteiger partial charge in [0.25, 0.3) is 0 Å². The van der Waals surface area contributed by atoms with Crippen LogP contribution < -0.4 is 0 Å². The number of esters is 1. The minimum atomic E-state index is -0.0998. The second-order valence-corrected chi connectivity index (χ2v) is 9.14. The average Bonchev–Trinajstić information content (AvgIpc) is 3.05. The number of rotatable bonds is 2. The van der Waals surface area contributed by atoms with Crippen molar-refractivity contribution in [2.24, 2.45) is 17.3 Å². The van der Waals surface area contributed by atoms with E-state index in [1.807, 2.05) is 0 Å². The summed E-state index contributed by atoms with van der Waals surface area (Å²) in [5.74, 6) is 0.392. The molecular weight excluding hydrogens is 280 g/mol. The van der Waals surface area contributed by atoms with Crippen LogP contribution in [0, 0.1) is 17.3 Å². The second kappa shape index (κ2) is 4.47. The number of carbonyl (C=O) groups is 1. The third-order valence-corrected chi connectivity index (χ3v) is 6.53. The Kier molecular flexibility index (Phi) is 3.04. The van der Waals surface area contributed by atoms with E-state index in [1.165, 1.54) is 0 Å². The molecule has 0 aromatic carbocycles. The monoisotopic (exact) mass is 308 g/mol. The Hall–Kier alpha value is -0.610. The maximum atomic E-state index is 12.6. The van der Waals surface area contributed by atoms with E-state index >= 15 is 0 Å². The van der Waals surface area contributed by atoms with Gasteiger partial charge < -0.3 is 14.2 Å². The lowest BCUT2D eigenvalue weighted by atomic mass is 9.61. The molecular formula is C18H28O4. The molecule has 4 heteroatoms. The van der Waals surface area contributed by atoms with Gasteiger partial charge in [0.15, 0.2) is 0 Å². The first-order chi connectivity index (χ1) is 10.2. The quantitative estimate of drug-likeness (QED) is 0.581. The molecule has 2 aliphatic heterocycles. The van der Waals surface area contributed by atoms with Gasteiger partial charge in [0.2, 0.25) is 0 Å². The van der Waals surface area contributed by atoms with Gasteiger partial charge in [0.1, 0.15) is 6.10 Å². The van der Waals surface area contributed by atoms with Crippen LogP contribution in [0.15, 0.2) is 0 Å². The standard InChI is InChI=1S/C18H28O4/c1-16(2)8-13(12-9-20-18(12,4)10-16)21-15(19)11-5-6-17(3)14(7-11)22-17/h11-14H,5-10H2,1-4H3. The number of fused-ring (bicyclic) bond motifs is 2. The smallest absolute Gasteiger partial charge is 0.309 e. The highest BCUT2D eigenvalue weighted by molar-refractivity contribution is 5.73. The average molecular weight is 308 g/mol. The maximum Gasteiger partial charge on any atom is 0.309 e. The van der Waals surface area contributed by atoms with Gasteiger partial charge in [-0.15, -0.1) is 0 Å². The molecule has 0 bridgehead atoms. The van der Waals surface area contributed by atoms with Crippen molar-refractivity contribution in [1.29, 1.82) is 0 Å². The number of epoxide rings is 1. The molecule has 4 nitrogen and oxygen atoms in total. The molecule has 2 aliphatic carbocycles. The Balaban J connectivity index is 1.41. The first-order valence-electron chi connectivity index (χ1n) is 8.73. The molecule has 2 saturated heterocycles. The zero-order valence-electron chi connectivity index (χ0n) is 14.2. The van der Waals surface area contributed by atoms with Crippen molar-refractivity contribution < 1.29 is 19.0 Å².